The van der Waals surface area contributed by atoms with Crippen LogP contribution in [-0.2, 0) is 49.2 Å². The van der Waals surface area contributed by atoms with Crippen LogP contribution in [0.2, 0.25) is 0 Å². The van der Waals surface area contributed by atoms with Gasteiger partial charge in [0.2, 0.25) is 49.2 Å². The standard InChI is InChI=1S/C62H46O10S3.C24H18O2.C12H8F2O2S.C12H10O4S.2CH4/c1-43-13-27-53(28-14-43)73(63,64)54-29-17-48(18-30-54)70-49-19-31-55(32-20-49)74(65,66)56-33-21-50(22-34-56)71-51-23-35-57(36-24-51)75(67,68)58-37-25-52(26-38-58)72-62-40-16-47(42-60(62)45-11-7-4-8-12-45)46-15-39-61(69-2)59(41-46)44-9-5-3-6-10-44;25-23-13-11-19(15-21(23)17-7-3-1-4-8-17)20-12-14-24(26)22(16-20)18-9-5-2-6-10-18;2*13-9-1-5-11(6-2-9)17(15,16)12-7-3-10(14)4-8-12;;/h3-42H,1-2H3;1-16,25-26H;1-8H;1-8,13-14H;2*1H4. The summed E-state index contributed by atoms with van der Waals surface area (Å²) in [5, 5.41) is 38.7. The smallest absolute Gasteiger partial charge is 0.206 e. The third kappa shape index (κ3) is 23.6. The number of aromatic hydroxyl groups is 4. The first-order valence-electron chi connectivity index (χ1n) is 41.6. The molecule has 690 valence electrons. The number of sulfone groups is 5. The minimum Gasteiger partial charge on any atom is -0.508 e. The Bertz CT molecular complexity index is 7520. The lowest BCUT2D eigenvalue weighted by Crippen LogP contribution is -2.02. The fraction of sp³-hybridized carbons (Fsp3) is 0.0357. The van der Waals surface area contributed by atoms with E-state index in [2.05, 4.69) is 24.3 Å². The summed E-state index contributed by atoms with van der Waals surface area (Å²) < 4.78 is 178. The van der Waals surface area contributed by atoms with Crippen LogP contribution in [0.25, 0.3) is 66.8 Å². The molecule has 18 aromatic rings. The first kappa shape index (κ1) is 98.5. The Kier molecular flexibility index (Phi) is 31.1. The maximum atomic E-state index is 13.8. The average Bonchev–Trinajstić information content (AvgIpc) is 0.764. The number of aryl methyl sites for hydroxylation is 1. The molecular weight excluding hydrogens is 1830 g/mol. The molecule has 0 saturated carbocycles. The van der Waals surface area contributed by atoms with Crippen molar-refractivity contribution in [3.8, 4) is 130 Å². The Labute approximate surface area is 795 Å². The van der Waals surface area contributed by atoms with Crippen LogP contribution < -0.4 is 18.9 Å². The van der Waals surface area contributed by atoms with Crippen molar-refractivity contribution in [2.45, 2.75) is 70.7 Å². The van der Waals surface area contributed by atoms with E-state index in [4.69, 9.17) is 29.2 Å². The predicted octanol–water partition coefficient (Wildman–Crippen LogP) is 27.0. The second-order valence-electron chi connectivity index (χ2n) is 30.4. The molecule has 137 heavy (non-hydrogen) atoms. The van der Waals surface area contributed by atoms with E-state index in [9.17, 15) is 61.1 Å². The van der Waals surface area contributed by atoms with E-state index in [0.29, 0.717) is 34.5 Å². The topological polar surface area (TPSA) is 289 Å². The molecule has 0 saturated heterocycles. The summed E-state index contributed by atoms with van der Waals surface area (Å²) in [6.07, 6.45) is 0. The van der Waals surface area contributed by atoms with Gasteiger partial charge in [0.05, 0.1) is 56.1 Å². The molecule has 0 unspecified atom stereocenters. The summed E-state index contributed by atoms with van der Waals surface area (Å²) in [6, 6.07) is 119. The zero-order valence-electron chi connectivity index (χ0n) is 71.9. The fourth-order valence-electron chi connectivity index (χ4n) is 14.2. The van der Waals surface area contributed by atoms with Crippen LogP contribution in [-0.4, -0.2) is 69.6 Å². The van der Waals surface area contributed by atoms with Gasteiger partial charge in [-0.15, -0.1) is 0 Å². The van der Waals surface area contributed by atoms with Crippen molar-refractivity contribution in [2.75, 3.05) is 7.11 Å². The number of phenols is 4. The average molecular weight is 1920 g/mol. The maximum absolute atomic E-state index is 13.8. The van der Waals surface area contributed by atoms with Gasteiger partial charge in [0.25, 0.3) is 0 Å². The van der Waals surface area contributed by atoms with Gasteiger partial charge in [-0.1, -0.05) is 178 Å². The van der Waals surface area contributed by atoms with Crippen molar-refractivity contribution in [3.05, 3.63) is 454 Å². The number of rotatable bonds is 23. The van der Waals surface area contributed by atoms with Crippen molar-refractivity contribution >= 4 is 49.2 Å². The first-order valence-corrected chi connectivity index (χ1v) is 49.0. The summed E-state index contributed by atoms with van der Waals surface area (Å²) in [5.41, 5.74) is 12.2. The highest BCUT2D eigenvalue weighted by molar-refractivity contribution is 7.92. The van der Waals surface area contributed by atoms with E-state index in [-0.39, 0.29) is 86.8 Å². The third-order valence-electron chi connectivity index (χ3n) is 21.4. The number of phenolic OH excluding ortho intramolecular Hbond substituents is 4. The number of hydrogen-bond donors (Lipinski definition) is 4. The molecule has 0 aliphatic carbocycles. The number of ether oxygens (including phenoxy) is 4. The first-order chi connectivity index (χ1) is 65.0. The molecule has 18 aromatic carbocycles. The van der Waals surface area contributed by atoms with Crippen molar-refractivity contribution < 1.29 is 90.2 Å². The number of hydrogen-bond acceptors (Lipinski definition) is 18. The van der Waals surface area contributed by atoms with Crippen LogP contribution in [0.5, 0.6) is 63.2 Å². The SMILES string of the molecule is C.C.COc1ccc(-c2ccc(Oc3ccc(S(=O)(=O)c4ccc(Oc5ccc(S(=O)(=O)c6ccc(Oc7ccc(S(=O)(=O)c8ccc(C)cc8)cc7)cc6)cc5)cc4)cc3)c(-c3ccccc3)c2)cc1-c1ccccc1.O=S(=O)(c1ccc(F)cc1)c1ccc(F)cc1.O=S(=O)(c1ccc(O)cc1)c1ccc(O)cc1.Oc1ccc(-c2ccc(O)c(-c3ccccc3)c2)cc1-c1ccccc1. The highest BCUT2D eigenvalue weighted by Crippen LogP contribution is 2.43. The van der Waals surface area contributed by atoms with Gasteiger partial charge >= 0.3 is 0 Å². The van der Waals surface area contributed by atoms with Gasteiger partial charge in [-0.25, -0.2) is 50.9 Å². The lowest BCUT2D eigenvalue weighted by atomic mass is 9.95. The molecule has 25 heteroatoms. The molecule has 0 fully saturated rings. The maximum Gasteiger partial charge on any atom is 0.206 e. The second-order valence-corrected chi connectivity index (χ2v) is 40.2. The molecular formula is C112H90F2O18S5. The normalized spacial score (nSPS) is 11.2. The Balaban J connectivity index is 0.000000204. The van der Waals surface area contributed by atoms with E-state index < -0.39 is 60.8 Å². The van der Waals surface area contributed by atoms with E-state index >= 15 is 0 Å². The molecule has 0 aliphatic heterocycles. The van der Waals surface area contributed by atoms with Crippen molar-refractivity contribution in [2.24, 2.45) is 0 Å². The molecule has 0 radical (unpaired) electrons. The number of methoxy groups -OCH3 is 1. The molecule has 4 N–H and O–H groups in total. The Morgan fingerprint density at radius 2 is 0.416 bits per heavy atom. The summed E-state index contributed by atoms with van der Waals surface area (Å²) >= 11 is 0. The zero-order chi connectivity index (χ0) is 95.0. The fourth-order valence-corrected chi connectivity index (χ4v) is 20.5. The number of benzene rings is 18. The van der Waals surface area contributed by atoms with Crippen molar-refractivity contribution in [3.63, 3.8) is 0 Å². The molecule has 0 atom stereocenters. The predicted molar refractivity (Wildman–Crippen MR) is 529 cm³/mol. The van der Waals surface area contributed by atoms with E-state index in [1.54, 1.807) is 55.6 Å². The van der Waals surface area contributed by atoms with E-state index in [1.807, 2.05) is 165 Å². The van der Waals surface area contributed by atoms with Gasteiger partial charge in [0, 0.05) is 22.3 Å². The molecule has 0 aromatic heterocycles. The summed E-state index contributed by atoms with van der Waals surface area (Å²) in [7, 11) is -17.2. The van der Waals surface area contributed by atoms with Crippen molar-refractivity contribution in [1.82, 2.24) is 0 Å². The molecule has 18 rings (SSSR count). The zero-order valence-corrected chi connectivity index (χ0v) is 76.0. The Hall–Kier alpha value is -16.0. The van der Waals surface area contributed by atoms with Crippen LogP contribution in [0.15, 0.2) is 486 Å². The van der Waals surface area contributed by atoms with Crippen LogP contribution >= 0.6 is 0 Å². The summed E-state index contributed by atoms with van der Waals surface area (Å²) in [4.78, 5) is 0.659. The van der Waals surface area contributed by atoms with Crippen LogP contribution in [0.3, 0.4) is 0 Å². The van der Waals surface area contributed by atoms with Gasteiger partial charge in [-0.3, -0.25) is 0 Å². The lowest BCUT2D eigenvalue weighted by molar-refractivity contribution is 0.416. The van der Waals surface area contributed by atoms with Gasteiger partial charge in [-0.05, 0) is 330 Å². The third-order valence-corrected chi connectivity index (χ3v) is 30.3. The largest absolute Gasteiger partial charge is 0.508 e. The molecule has 18 nitrogen and oxygen atoms in total. The molecule has 0 bridgehead atoms. The summed E-state index contributed by atoms with van der Waals surface area (Å²) in [6.45, 7) is 1.88. The van der Waals surface area contributed by atoms with Crippen molar-refractivity contribution in [1.29, 1.82) is 0 Å². The van der Waals surface area contributed by atoms with Crippen LogP contribution in [0.1, 0.15) is 20.4 Å². The minimum atomic E-state index is -3.93. The highest BCUT2D eigenvalue weighted by Gasteiger charge is 2.25. The summed E-state index contributed by atoms with van der Waals surface area (Å²) in [5.74, 6) is 2.73. The van der Waals surface area contributed by atoms with Crippen LogP contribution in [0.4, 0.5) is 8.78 Å². The molecule has 0 heterocycles. The number of halogens is 2. The monoisotopic (exact) mass is 1920 g/mol. The minimum absolute atomic E-state index is 0. The van der Waals surface area contributed by atoms with Gasteiger partial charge < -0.3 is 39.4 Å². The second kappa shape index (κ2) is 43.3. The Morgan fingerprint density at radius 3 is 0.679 bits per heavy atom. The quantitative estimate of drug-likeness (QED) is 0.0433. The lowest BCUT2D eigenvalue weighted by Gasteiger charge is -2.15. The molecule has 0 amide bonds. The Morgan fingerprint density at radius 1 is 0.212 bits per heavy atom. The highest BCUT2D eigenvalue weighted by atomic mass is 32.2. The van der Waals surface area contributed by atoms with E-state index in [0.717, 1.165) is 102 Å². The van der Waals surface area contributed by atoms with Gasteiger partial charge in [0.15, 0.2) is 0 Å². The van der Waals surface area contributed by atoms with Gasteiger partial charge in [0.1, 0.15) is 74.9 Å². The van der Waals surface area contributed by atoms with Gasteiger partial charge in [-0.2, -0.15) is 0 Å². The van der Waals surface area contributed by atoms with E-state index in [1.165, 1.54) is 182 Å². The molecule has 0 spiro atoms. The molecule has 0 aliphatic rings. The van der Waals surface area contributed by atoms with Crippen LogP contribution in [0, 0.1) is 18.6 Å².